The zero-order valence-corrected chi connectivity index (χ0v) is 50.8. The van der Waals surface area contributed by atoms with Crippen LogP contribution in [0.15, 0.2) is 235 Å². The summed E-state index contributed by atoms with van der Waals surface area (Å²) in [5.74, 6) is 0.543. The number of phenols is 5. The van der Waals surface area contributed by atoms with E-state index in [4.69, 9.17) is 40.2 Å². The Balaban J connectivity index is 0.000000181. The van der Waals surface area contributed by atoms with Crippen LogP contribution < -0.4 is 18.9 Å². The van der Waals surface area contributed by atoms with E-state index in [-0.39, 0.29) is 86.6 Å². The van der Waals surface area contributed by atoms with Crippen molar-refractivity contribution in [2.75, 3.05) is 13.7 Å². The van der Waals surface area contributed by atoms with E-state index < -0.39 is 26.5 Å². The van der Waals surface area contributed by atoms with Crippen molar-refractivity contribution in [1.82, 2.24) is 0 Å². The monoisotopic (exact) mass is 1270 g/mol. The van der Waals surface area contributed by atoms with E-state index in [0.717, 1.165) is 18.2 Å². The molecule has 0 aliphatic heterocycles. The average molecular weight is 1270 g/mol. The van der Waals surface area contributed by atoms with E-state index in [2.05, 4.69) is 0 Å². The predicted molar refractivity (Wildman–Crippen MR) is 340 cm³/mol. The first-order chi connectivity index (χ1) is 43.4. The molecular formula is C71H60ClFO17S. The Morgan fingerprint density at radius 2 is 0.890 bits per heavy atom. The highest BCUT2D eigenvalue weighted by Crippen LogP contribution is 2.34. The maximum Gasteiger partial charge on any atom is 0.298 e. The molecule has 0 fully saturated rings. The minimum atomic E-state index is -4.59. The van der Waals surface area contributed by atoms with Gasteiger partial charge in [-0.3, -0.25) is 28.5 Å². The number of carbonyl (C=O) groups is 5. The van der Waals surface area contributed by atoms with Crippen molar-refractivity contribution in [3.63, 3.8) is 0 Å². The molecule has 91 heavy (non-hydrogen) atoms. The molecule has 0 bridgehead atoms. The third kappa shape index (κ3) is 21.0. The second-order valence-corrected chi connectivity index (χ2v) is 21.1. The Morgan fingerprint density at radius 3 is 1.33 bits per heavy atom. The fourth-order valence-corrected chi connectivity index (χ4v) is 8.75. The predicted octanol–water partition coefficient (Wildman–Crippen LogP) is 15.3. The number of aromatic hydroxyl groups is 5. The average Bonchev–Trinajstić information content (AvgIpc) is 2.16. The lowest BCUT2D eigenvalue weighted by atomic mass is 10.0. The Morgan fingerprint density at radius 1 is 0.462 bits per heavy atom. The van der Waals surface area contributed by atoms with Crippen molar-refractivity contribution in [3.8, 4) is 63.2 Å². The first-order valence-corrected chi connectivity index (χ1v) is 29.2. The Kier molecular flexibility index (Phi) is 25.2. The number of methoxy groups -OCH3 is 1. The van der Waals surface area contributed by atoms with Crippen molar-refractivity contribution in [3.05, 3.63) is 286 Å². The second-order valence-electron chi connectivity index (χ2n) is 19.2. The second kappa shape index (κ2) is 33.3. The van der Waals surface area contributed by atoms with Crippen LogP contribution in [0.4, 0.5) is 4.39 Å². The van der Waals surface area contributed by atoms with Crippen LogP contribution in [0.2, 0.25) is 5.02 Å². The van der Waals surface area contributed by atoms with Crippen LogP contribution in [0.1, 0.15) is 89.3 Å². The molecule has 0 saturated heterocycles. The number of benzene rings is 10. The number of hydrogen-bond donors (Lipinski definition) is 6. The molecule has 0 amide bonds. The Hall–Kier alpha value is -11.1. The highest BCUT2D eigenvalue weighted by atomic mass is 35.5. The number of phenolic OH excluding ortho intramolecular Hbond substituents is 5. The van der Waals surface area contributed by atoms with Crippen molar-refractivity contribution in [2.45, 2.75) is 32.1 Å². The van der Waals surface area contributed by atoms with Crippen LogP contribution in [0.25, 0.3) is 0 Å². The van der Waals surface area contributed by atoms with Gasteiger partial charge in [-0.2, -0.15) is 8.42 Å². The SMILES string of the molecule is CC(=O)c1ccc(Oc2ccc(Cl)cc2)cc1.CC(=O)c1ccc(Oc2ccc(F)cc2)cc1.CCc1cc(C(=O)COc2ccccc2)c(O)cc1O.COc1cc(O)c(C(=O)c2ccccc2)cc1S(=O)(=O)O.O=C(c1ccccc1)c1ccc(O)cc1O. The van der Waals surface area contributed by atoms with E-state index >= 15 is 0 Å². The quantitative estimate of drug-likeness (QED) is 0.0365. The summed E-state index contributed by atoms with van der Waals surface area (Å²) >= 11 is 5.78. The Labute approximate surface area is 528 Å². The number of para-hydroxylation sites is 1. The molecule has 20 heteroatoms. The molecule has 466 valence electrons. The lowest BCUT2D eigenvalue weighted by Crippen LogP contribution is -2.12. The number of ether oxygens (including phenoxy) is 4. The lowest BCUT2D eigenvalue weighted by Gasteiger charge is -2.10. The zero-order valence-electron chi connectivity index (χ0n) is 49.2. The van der Waals surface area contributed by atoms with E-state index in [1.165, 1.54) is 69.5 Å². The molecule has 0 heterocycles. The normalized spacial score (nSPS) is 10.3. The van der Waals surface area contributed by atoms with Gasteiger partial charge in [0.15, 0.2) is 29.7 Å². The molecule has 0 radical (unpaired) electrons. The van der Waals surface area contributed by atoms with Gasteiger partial charge >= 0.3 is 0 Å². The molecule has 6 N–H and O–H groups in total. The van der Waals surface area contributed by atoms with Gasteiger partial charge in [0, 0.05) is 45.5 Å². The summed E-state index contributed by atoms with van der Waals surface area (Å²) in [4.78, 5) is 57.8. The molecule has 0 aliphatic carbocycles. The topological polar surface area (TPSA) is 278 Å². The Bertz CT molecular complexity index is 4110. The third-order valence-electron chi connectivity index (χ3n) is 12.7. The first kappa shape index (κ1) is 69.0. The number of Topliss-reactive ketones (excluding diaryl/α,β-unsaturated/α-hetero) is 3. The van der Waals surface area contributed by atoms with Gasteiger partial charge in [0.1, 0.15) is 74.0 Å². The van der Waals surface area contributed by atoms with Gasteiger partial charge in [0.25, 0.3) is 10.1 Å². The van der Waals surface area contributed by atoms with E-state index in [0.29, 0.717) is 62.4 Å². The number of hydrogen-bond acceptors (Lipinski definition) is 16. The van der Waals surface area contributed by atoms with Crippen molar-refractivity contribution in [1.29, 1.82) is 0 Å². The fourth-order valence-electron chi connectivity index (χ4n) is 7.96. The summed E-state index contributed by atoms with van der Waals surface area (Å²) in [5.41, 5.74) is 2.81. The number of ketones is 5. The van der Waals surface area contributed by atoms with Crippen LogP contribution in [0.5, 0.6) is 63.2 Å². The van der Waals surface area contributed by atoms with Gasteiger partial charge in [-0.1, -0.05) is 97.4 Å². The maximum atomic E-state index is 12.7. The maximum absolute atomic E-state index is 12.7. The molecular weight excluding hydrogens is 1210 g/mol. The van der Waals surface area contributed by atoms with Crippen molar-refractivity contribution in [2.24, 2.45) is 0 Å². The van der Waals surface area contributed by atoms with Crippen LogP contribution in [-0.2, 0) is 16.5 Å². The van der Waals surface area contributed by atoms with Crippen LogP contribution in [0, 0.1) is 5.82 Å². The zero-order chi connectivity index (χ0) is 66.2. The van der Waals surface area contributed by atoms with Crippen molar-refractivity contribution >= 4 is 50.6 Å². The van der Waals surface area contributed by atoms with Crippen LogP contribution >= 0.6 is 11.6 Å². The van der Waals surface area contributed by atoms with E-state index in [9.17, 15) is 57.2 Å². The number of carbonyl (C=O) groups excluding carboxylic acids is 5. The molecule has 10 rings (SSSR count). The summed E-state index contributed by atoms with van der Waals surface area (Å²) in [6, 6.07) is 60.9. The largest absolute Gasteiger partial charge is 0.508 e. The standard InChI is InChI=1S/C16H16O4.C14H11ClO2.C14H11FO2.C14H12O6S.C13H10O3/c1-2-11-8-13(15(18)9-14(11)17)16(19)10-20-12-6-4-3-5-7-12;2*1-10(16)11-2-6-13(7-3-11)17-14-8-4-12(15)5-9-14;1-20-12-8-11(15)10(7-13(12)21(17,18)19)14(16)9-5-3-2-4-6-9;14-10-6-7-11(12(15)8-10)13(16)9-4-2-1-3-5-9/h3-9,17-18H,2,10H2,1H3;2*2-9H,1H3;2-8,15H,1H3,(H,17,18,19);1-8,14-15H. The number of aryl methyl sites for hydroxylation is 1. The van der Waals surface area contributed by atoms with E-state index in [1.807, 2.05) is 31.2 Å². The molecule has 0 aromatic heterocycles. The lowest BCUT2D eigenvalue weighted by molar-refractivity contribution is 0.0917. The summed E-state index contributed by atoms with van der Waals surface area (Å²) in [7, 11) is -3.41. The first-order valence-electron chi connectivity index (χ1n) is 27.4. The summed E-state index contributed by atoms with van der Waals surface area (Å²) in [5, 5.41) is 48.5. The fraction of sp³-hybridized carbons (Fsp3) is 0.0845. The highest BCUT2D eigenvalue weighted by molar-refractivity contribution is 7.86. The van der Waals surface area contributed by atoms with Gasteiger partial charge in [-0.05, 0) is 159 Å². The molecule has 17 nitrogen and oxygen atoms in total. The van der Waals surface area contributed by atoms with Gasteiger partial charge in [0.05, 0.1) is 23.8 Å². The number of rotatable bonds is 17. The molecule has 0 spiro atoms. The van der Waals surface area contributed by atoms with E-state index in [1.54, 1.807) is 140 Å². The van der Waals surface area contributed by atoms with Crippen molar-refractivity contribution < 1.29 is 85.8 Å². The smallest absolute Gasteiger partial charge is 0.298 e. The third-order valence-corrected chi connectivity index (χ3v) is 13.8. The van der Waals surface area contributed by atoms with Gasteiger partial charge < -0.3 is 44.5 Å². The summed E-state index contributed by atoms with van der Waals surface area (Å²) in [6.07, 6.45) is 0.575. The van der Waals surface area contributed by atoms with Gasteiger partial charge in [0.2, 0.25) is 5.78 Å². The van der Waals surface area contributed by atoms with Gasteiger partial charge in [-0.25, -0.2) is 4.39 Å². The summed E-state index contributed by atoms with van der Waals surface area (Å²) in [6.45, 7) is 4.75. The number of halogens is 2. The molecule has 0 aliphatic rings. The van der Waals surface area contributed by atoms with Crippen LogP contribution in [-0.4, -0.2) is 81.1 Å². The molecule has 0 unspecified atom stereocenters. The minimum absolute atomic E-state index is 0.00877. The highest BCUT2D eigenvalue weighted by Gasteiger charge is 2.24. The molecule has 0 atom stereocenters. The van der Waals surface area contributed by atoms with Crippen LogP contribution in [0.3, 0.4) is 0 Å². The summed E-state index contributed by atoms with van der Waals surface area (Å²) < 4.78 is 65.7. The van der Waals surface area contributed by atoms with Gasteiger partial charge in [-0.15, -0.1) is 0 Å². The minimum Gasteiger partial charge on any atom is -0.508 e. The molecule has 10 aromatic rings. The molecule has 0 saturated carbocycles. The molecule has 10 aromatic carbocycles.